The van der Waals surface area contributed by atoms with Crippen LogP contribution in [0.15, 0.2) is 36.7 Å². The van der Waals surface area contributed by atoms with E-state index in [1.54, 1.807) is 10.9 Å². The van der Waals surface area contributed by atoms with Gasteiger partial charge in [-0.15, -0.1) is 0 Å². The zero-order valence-electron chi connectivity index (χ0n) is 13.5. The van der Waals surface area contributed by atoms with Crippen molar-refractivity contribution in [2.24, 2.45) is 0 Å². The number of alkyl halides is 3. The molecule has 2 N–H and O–H groups in total. The van der Waals surface area contributed by atoms with Crippen LogP contribution in [-0.4, -0.2) is 46.2 Å². The number of benzene rings is 1. The lowest BCUT2D eigenvalue weighted by atomic mass is 10.1. The van der Waals surface area contributed by atoms with Crippen molar-refractivity contribution in [3.05, 3.63) is 41.7 Å². The van der Waals surface area contributed by atoms with Gasteiger partial charge in [0.25, 0.3) is 0 Å². The van der Waals surface area contributed by atoms with Crippen LogP contribution in [0.25, 0.3) is 5.69 Å². The maximum absolute atomic E-state index is 10.6. The summed E-state index contributed by atoms with van der Waals surface area (Å²) in [5.41, 5.74) is 0.845. The van der Waals surface area contributed by atoms with Gasteiger partial charge in [0, 0.05) is 18.5 Å². The summed E-state index contributed by atoms with van der Waals surface area (Å²) in [5.74, 6) is -1.91. The van der Waals surface area contributed by atoms with Crippen LogP contribution in [0.2, 0.25) is 5.02 Å². The fourth-order valence-electron chi connectivity index (χ4n) is 2.26. The maximum atomic E-state index is 10.6. The van der Waals surface area contributed by atoms with Gasteiger partial charge < -0.3 is 15.2 Å². The second kappa shape index (κ2) is 8.91. The summed E-state index contributed by atoms with van der Waals surface area (Å²) < 4.78 is 39.5. The van der Waals surface area contributed by atoms with E-state index in [0.29, 0.717) is 5.02 Å². The summed E-state index contributed by atoms with van der Waals surface area (Å²) in [6.45, 7) is 2.04. The van der Waals surface area contributed by atoms with Gasteiger partial charge in [-0.2, -0.15) is 18.3 Å². The fourth-order valence-corrected chi connectivity index (χ4v) is 2.46. The Balaban J connectivity index is 0.000000298. The van der Waals surface area contributed by atoms with E-state index < -0.39 is 12.1 Å². The molecule has 3 rings (SSSR count). The van der Waals surface area contributed by atoms with Gasteiger partial charge in [0.15, 0.2) is 0 Å². The number of ether oxygens (including phenoxy) is 1. The monoisotopic (exact) mass is 391 g/mol. The molecule has 1 fully saturated rings. The van der Waals surface area contributed by atoms with Crippen LogP contribution in [0.3, 0.4) is 0 Å². The van der Waals surface area contributed by atoms with Crippen LogP contribution in [0.4, 0.5) is 13.2 Å². The number of piperidine rings is 1. The molecule has 0 aliphatic carbocycles. The molecular weight excluding hydrogens is 375 g/mol. The van der Waals surface area contributed by atoms with E-state index in [1.807, 2.05) is 30.5 Å². The molecule has 142 valence electrons. The number of carboxylic acids is 1. The van der Waals surface area contributed by atoms with Gasteiger partial charge in [0.05, 0.1) is 10.7 Å². The van der Waals surface area contributed by atoms with E-state index >= 15 is 0 Å². The molecule has 10 heteroatoms. The highest BCUT2D eigenvalue weighted by Gasteiger charge is 2.38. The number of halogens is 4. The summed E-state index contributed by atoms with van der Waals surface area (Å²) in [5, 5.41) is 15.3. The molecule has 26 heavy (non-hydrogen) atoms. The van der Waals surface area contributed by atoms with Gasteiger partial charge in [-0.05, 0) is 44.1 Å². The Hall–Kier alpha value is -2.26. The average Bonchev–Trinajstić information content (AvgIpc) is 3.11. The third-order valence-corrected chi connectivity index (χ3v) is 3.82. The van der Waals surface area contributed by atoms with Crippen LogP contribution in [0, 0.1) is 0 Å². The van der Waals surface area contributed by atoms with Crippen LogP contribution < -0.4 is 10.1 Å². The van der Waals surface area contributed by atoms with Crippen LogP contribution in [-0.2, 0) is 4.79 Å². The van der Waals surface area contributed by atoms with E-state index in [9.17, 15) is 13.2 Å². The molecule has 0 saturated carbocycles. The highest BCUT2D eigenvalue weighted by atomic mass is 35.5. The van der Waals surface area contributed by atoms with Gasteiger partial charge in [-0.25, -0.2) is 9.48 Å². The molecule has 0 atom stereocenters. The predicted molar refractivity (Wildman–Crippen MR) is 88.8 cm³/mol. The molecule has 0 spiro atoms. The molecule has 1 aromatic carbocycles. The largest absolute Gasteiger partial charge is 0.490 e. The van der Waals surface area contributed by atoms with Crippen molar-refractivity contribution in [2.45, 2.75) is 25.1 Å². The van der Waals surface area contributed by atoms with Gasteiger partial charge in [-0.3, -0.25) is 0 Å². The highest BCUT2D eigenvalue weighted by Crippen LogP contribution is 2.26. The number of rotatable bonds is 3. The molecule has 0 radical (unpaired) electrons. The summed E-state index contributed by atoms with van der Waals surface area (Å²) >= 11 is 6.20. The molecule has 0 unspecified atom stereocenters. The molecule has 2 heterocycles. The van der Waals surface area contributed by atoms with Crippen molar-refractivity contribution >= 4 is 17.6 Å². The van der Waals surface area contributed by atoms with Gasteiger partial charge in [-0.1, -0.05) is 11.6 Å². The van der Waals surface area contributed by atoms with E-state index in [1.165, 1.54) is 0 Å². The lowest BCUT2D eigenvalue weighted by Crippen LogP contribution is -2.34. The van der Waals surface area contributed by atoms with E-state index in [4.69, 9.17) is 26.2 Å². The van der Waals surface area contributed by atoms with Crippen LogP contribution >= 0.6 is 11.6 Å². The Morgan fingerprint density at radius 3 is 2.54 bits per heavy atom. The standard InChI is InChI=1S/C14H16ClN3O.C2HF3O2/c15-13-3-2-12(19-11-4-7-16-8-5-11)10-14(13)18-9-1-6-17-18;3-2(4,5)1(6)7/h1-3,6,9-11,16H,4-5,7-8H2;(H,6,7). The first kappa shape index (κ1) is 20.1. The van der Waals surface area contributed by atoms with Gasteiger partial charge >= 0.3 is 12.1 Å². The number of carboxylic acid groups (broad SMARTS) is 1. The van der Waals surface area contributed by atoms with Crippen LogP contribution in [0.1, 0.15) is 12.8 Å². The normalized spacial score (nSPS) is 15.1. The molecule has 1 aliphatic heterocycles. The number of hydrogen-bond donors (Lipinski definition) is 2. The summed E-state index contributed by atoms with van der Waals surface area (Å²) in [7, 11) is 0. The first-order chi connectivity index (χ1) is 12.3. The van der Waals surface area contributed by atoms with Crippen molar-refractivity contribution in [1.29, 1.82) is 0 Å². The van der Waals surface area contributed by atoms with Crippen molar-refractivity contribution in [3.63, 3.8) is 0 Å². The quantitative estimate of drug-likeness (QED) is 0.839. The SMILES string of the molecule is Clc1ccc(OC2CCNCC2)cc1-n1cccn1.O=C(O)C(F)(F)F. The molecule has 1 aliphatic rings. The number of aromatic nitrogens is 2. The number of carbonyl (C=O) groups is 1. The number of nitrogens with one attached hydrogen (secondary N) is 1. The first-order valence-corrected chi connectivity index (χ1v) is 8.12. The second-order valence-corrected chi connectivity index (χ2v) is 5.84. The Morgan fingerprint density at radius 1 is 1.35 bits per heavy atom. The van der Waals surface area contributed by atoms with Gasteiger partial charge in [0.2, 0.25) is 0 Å². The molecule has 0 amide bonds. The summed E-state index contributed by atoms with van der Waals surface area (Å²) in [6, 6.07) is 7.58. The van der Waals surface area contributed by atoms with Crippen molar-refractivity contribution in [1.82, 2.24) is 15.1 Å². The Bertz CT molecular complexity index is 717. The molecule has 6 nitrogen and oxygen atoms in total. The third kappa shape index (κ3) is 5.92. The van der Waals surface area contributed by atoms with E-state index in [0.717, 1.165) is 37.4 Å². The Labute approximate surface area is 152 Å². The number of aliphatic carboxylic acids is 1. The molecule has 1 aromatic heterocycles. The van der Waals surface area contributed by atoms with Crippen molar-refractivity contribution < 1.29 is 27.8 Å². The molecule has 2 aromatic rings. The highest BCUT2D eigenvalue weighted by molar-refractivity contribution is 6.32. The molecular formula is C16H17ClF3N3O3. The fraction of sp³-hybridized carbons (Fsp3) is 0.375. The van der Waals surface area contributed by atoms with E-state index in [2.05, 4.69) is 10.4 Å². The Kier molecular flexibility index (Phi) is 6.87. The minimum absolute atomic E-state index is 0.285. The minimum atomic E-state index is -5.08. The topological polar surface area (TPSA) is 76.4 Å². The lowest BCUT2D eigenvalue weighted by Gasteiger charge is -2.24. The smallest absolute Gasteiger partial charge is 0.490 e. The number of nitrogens with zero attached hydrogens (tertiary/aromatic N) is 2. The van der Waals surface area contributed by atoms with E-state index in [-0.39, 0.29) is 6.10 Å². The summed E-state index contributed by atoms with van der Waals surface area (Å²) in [6.07, 6.45) is 0.888. The number of hydrogen-bond acceptors (Lipinski definition) is 4. The second-order valence-electron chi connectivity index (χ2n) is 5.43. The molecule has 1 saturated heterocycles. The zero-order chi connectivity index (χ0) is 19.2. The van der Waals surface area contributed by atoms with Crippen molar-refractivity contribution in [3.8, 4) is 11.4 Å². The Morgan fingerprint density at radius 2 is 2.00 bits per heavy atom. The van der Waals surface area contributed by atoms with Crippen molar-refractivity contribution in [2.75, 3.05) is 13.1 Å². The summed E-state index contributed by atoms with van der Waals surface area (Å²) in [4.78, 5) is 8.90. The van der Waals surface area contributed by atoms with Gasteiger partial charge in [0.1, 0.15) is 11.9 Å². The van der Waals surface area contributed by atoms with Crippen LogP contribution in [0.5, 0.6) is 5.75 Å². The lowest BCUT2D eigenvalue weighted by molar-refractivity contribution is -0.192. The first-order valence-electron chi connectivity index (χ1n) is 7.74. The minimum Gasteiger partial charge on any atom is -0.490 e. The average molecular weight is 392 g/mol. The predicted octanol–water partition coefficient (Wildman–Crippen LogP) is 3.29. The zero-order valence-corrected chi connectivity index (χ0v) is 14.3. The molecule has 0 bridgehead atoms. The maximum Gasteiger partial charge on any atom is 0.490 e. The third-order valence-electron chi connectivity index (χ3n) is 3.50.